The number of piperidine rings is 1. The topological polar surface area (TPSA) is 95.7 Å². The van der Waals surface area contributed by atoms with Gasteiger partial charge in [0.15, 0.2) is 5.82 Å². The number of anilines is 1. The van der Waals surface area contributed by atoms with E-state index in [0.29, 0.717) is 30.5 Å². The van der Waals surface area contributed by atoms with Crippen LogP contribution in [0.25, 0.3) is 0 Å². The van der Waals surface area contributed by atoms with Crippen LogP contribution in [0.1, 0.15) is 31.4 Å². The van der Waals surface area contributed by atoms with Gasteiger partial charge in [-0.2, -0.15) is 0 Å². The van der Waals surface area contributed by atoms with Crippen molar-refractivity contribution in [3.63, 3.8) is 0 Å². The standard InChI is InChI=1S/C14H21N3O4/c1-10-7-12(16-21-10)15-13(18)9-17-6-2-3-11(8-17)4-5-14(19)20/h7,11H,2-6,8-9H2,1H3,(H,19,20)(H,15,16,18). The molecule has 1 aliphatic rings. The zero-order valence-corrected chi connectivity index (χ0v) is 12.2. The van der Waals surface area contributed by atoms with E-state index in [-0.39, 0.29) is 12.3 Å². The van der Waals surface area contributed by atoms with Crippen molar-refractivity contribution in [1.29, 1.82) is 0 Å². The zero-order chi connectivity index (χ0) is 15.2. The molecule has 7 nitrogen and oxygen atoms in total. The maximum Gasteiger partial charge on any atom is 0.303 e. The minimum Gasteiger partial charge on any atom is -0.481 e. The molecule has 0 spiro atoms. The van der Waals surface area contributed by atoms with Crippen LogP contribution < -0.4 is 5.32 Å². The van der Waals surface area contributed by atoms with E-state index in [9.17, 15) is 9.59 Å². The highest BCUT2D eigenvalue weighted by Crippen LogP contribution is 2.20. The van der Waals surface area contributed by atoms with Crippen molar-refractivity contribution >= 4 is 17.7 Å². The van der Waals surface area contributed by atoms with Crippen LogP contribution in [0.3, 0.4) is 0 Å². The summed E-state index contributed by atoms with van der Waals surface area (Å²) in [5.74, 6) is 0.555. The number of carbonyl (C=O) groups is 2. The number of aromatic nitrogens is 1. The van der Waals surface area contributed by atoms with E-state index in [1.54, 1.807) is 13.0 Å². The second-order valence-corrected chi connectivity index (χ2v) is 5.55. The monoisotopic (exact) mass is 295 g/mol. The molecule has 2 heterocycles. The predicted molar refractivity (Wildman–Crippen MR) is 75.9 cm³/mol. The number of amides is 1. The fraction of sp³-hybridized carbons (Fsp3) is 0.643. The maximum atomic E-state index is 11.9. The van der Waals surface area contributed by atoms with Crippen LogP contribution in [-0.4, -0.2) is 46.7 Å². The number of hydrogen-bond donors (Lipinski definition) is 2. The van der Waals surface area contributed by atoms with Crippen molar-refractivity contribution in [3.05, 3.63) is 11.8 Å². The lowest BCUT2D eigenvalue weighted by Gasteiger charge is -2.31. The number of carboxylic acid groups (broad SMARTS) is 1. The molecule has 1 aromatic rings. The molecule has 0 saturated carbocycles. The third-order valence-electron chi connectivity index (χ3n) is 3.63. The fourth-order valence-corrected chi connectivity index (χ4v) is 2.67. The summed E-state index contributed by atoms with van der Waals surface area (Å²) in [5, 5.41) is 15.1. The molecule has 0 aliphatic carbocycles. The van der Waals surface area contributed by atoms with Gasteiger partial charge in [0, 0.05) is 19.0 Å². The summed E-state index contributed by atoms with van der Waals surface area (Å²) in [4.78, 5) is 24.6. The first-order valence-electron chi connectivity index (χ1n) is 7.20. The Balaban J connectivity index is 1.76. The smallest absolute Gasteiger partial charge is 0.303 e. The Morgan fingerprint density at radius 1 is 1.57 bits per heavy atom. The number of hydrogen-bond acceptors (Lipinski definition) is 5. The molecule has 1 atom stereocenters. The second kappa shape index (κ2) is 7.21. The number of aliphatic carboxylic acids is 1. The van der Waals surface area contributed by atoms with Crippen molar-refractivity contribution < 1.29 is 19.2 Å². The van der Waals surface area contributed by atoms with Crippen LogP contribution in [-0.2, 0) is 9.59 Å². The van der Waals surface area contributed by atoms with E-state index in [0.717, 1.165) is 25.9 Å². The van der Waals surface area contributed by atoms with Crippen molar-refractivity contribution in [2.75, 3.05) is 25.0 Å². The molecule has 1 unspecified atom stereocenters. The number of likely N-dealkylation sites (tertiary alicyclic amines) is 1. The Kier molecular flexibility index (Phi) is 5.32. The summed E-state index contributed by atoms with van der Waals surface area (Å²) < 4.78 is 4.89. The highest BCUT2D eigenvalue weighted by molar-refractivity contribution is 5.91. The van der Waals surface area contributed by atoms with Crippen molar-refractivity contribution in [3.8, 4) is 0 Å². The average molecular weight is 295 g/mol. The lowest BCUT2D eigenvalue weighted by Crippen LogP contribution is -2.40. The summed E-state index contributed by atoms with van der Waals surface area (Å²) >= 11 is 0. The van der Waals surface area contributed by atoms with Crippen molar-refractivity contribution in [2.45, 2.75) is 32.6 Å². The molecular weight excluding hydrogens is 274 g/mol. The molecule has 0 radical (unpaired) electrons. The van der Waals surface area contributed by atoms with Gasteiger partial charge in [0.1, 0.15) is 5.76 Å². The minimum absolute atomic E-state index is 0.123. The van der Waals surface area contributed by atoms with Gasteiger partial charge in [0.2, 0.25) is 5.91 Å². The number of rotatable bonds is 6. The number of nitrogens with one attached hydrogen (secondary N) is 1. The summed E-state index contributed by atoms with van der Waals surface area (Å²) in [7, 11) is 0. The summed E-state index contributed by atoms with van der Waals surface area (Å²) in [5.41, 5.74) is 0. The third kappa shape index (κ3) is 5.18. The highest BCUT2D eigenvalue weighted by Gasteiger charge is 2.22. The second-order valence-electron chi connectivity index (χ2n) is 5.55. The van der Waals surface area contributed by atoms with Crippen LogP contribution in [0, 0.1) is 12.8 Å². The van der Waals surface area contributed by atoms with Gasteiger partial charge in [-0.1, -0.05) is 5.16 Å². The molecule has 1 amide bonds. The van der Waals surface area contributed by atoms with E-state index in [2.05, 4.69) is 15.4 Å². The number of aryl methyl sites for hydroxylation is 1. The molecule has 7 heteroatoms. The average Bonchev–Trinajstić information content (AvgIpc) is 2.82. The van der Waals surface area contributed by atoms with Crippen LogP contribution >= 0.6 is 0 Å². The number of carbonyl (C=O) groups excluding carboxylic acids is 1. The van der Waals surface area contributed by atoms with E-state index >= 15 is 0 Å². The quantitative estimate of drug-likeness (QED) is 0.825. The van der Waals surface area contributed by atoms with Gasteiger partial charge in [0.05, 0.1) is 6.54 Å². The van der Waals surface area contributed by atoms with Gasteiger partial charge in [-0.05, 0) is 38.6 Å². The molecule has 2 rings (SSSR count). The highest BCUT2D eigenvalue weighted by atomic mass is 16.5. The Labute approximate surface area is 123 Å². The molecular formula is C14H21N3O4. The van der Waals surface area contributed by atoms with Crippen molar-refractivity contribution in [1.82, 2.24) is 10.1 Å². The van der Waals surface area contributed by atoms with Gasteiger partial charge < -0.3 is 14.9 Å². The SMILES string of the molecule is Cc1cc(NC(=O)CN2CCCC(CCC(=O)O)C2)no1. The molecule has 1 aromatic heterocycles. The Morgan fingerprint density at radius 3 is 3.05 bits per heavy atom. The molecule has 116 valence electrons. The third-order valence-corrected chi connectivity index (χ3v) is 3.63. The first-order chi connectivity index (χ1) is 10.0. The molecule has 0 aromatic carbocycles. The molecule has 2 N–H and O–H groups in total. The molecule has 0 bridgehead atoms. The molecule has 1 fully saturated rings. The summed E-state index contributed by atoms with van der Waals surface area (Å²) in [6.07, 6.45) is 2.91. The molecule has 1 saturated heterocycles. The Bertz CT molecular complexity index is 500. The van der Waals surface area contributed by atoms with Gasteiger partial charge in [-0.25, -0.2) is 0 Å². The van der Waals surface area contributed by atoms with Crippen molar-refractivity contribution in [2.24, 2.45) is 5.92 Å². The largest absolute Gasteiger partial charge is 0.481 e. The summed E-state index contributed by atoms with van der Waals surface area (Å²) in [6, 6.07) is 1.67. The van der Waals surface area contributed by atoms with Gasteiger partial charge in [0.25, 0.3) is 0 Å². The Hall–Kier alpha value is -1.89. The van der Waals surface area contributed by atoms with E-state index in [4.69, 9.17) is 9.63 Å². The Morgan fingerprint density at radius 2 is 2.38 bits per heavy atom. The van der Waals surface area contributed by atoms with Crippen LogP contribution in [0.5, 0.6) is 0 Å². The van der Waals surface area contributed by atoms with Gasteiger partial charge in [-0.15, -0.1) is 0 Å². The fourth-order valence-electron chi connectivity index (χ4n) is 2.67. The predicted octanol–water partition coefficient (Wildman–Crippen LogP) is 1.50. The van der Waals surface area contributed by atoms with Gasteiger partial charge >= 0.3 is 5.97 Å². The van der Waals surface area contributed by atoms with E-state index in [1.807, 2.05) is 0 Å². The van der Waals surface area contributed by atoms with E-state index in [1.165, 1.54) is 0 Å². The van der Waals surface area contributed by atoms with Crippen LogP contribution in [0.2, 0.25) is 0 Å². The first-order valence-corrected chi connectivity index (χ1v) is 7.20. The molecule has 21 heavy (non-hydrogen) atoms. The normalized spacial score (nSPS) is 19.4. The summed E-state index contributed by atoms with van der Waals surface area (Å²) in [6.45, 7) is 3.71. The lowest BCUT2D eigenvalue weighted by molar-refractivity contribution is -0.137. The maximum absolute atomic E-state index is 11.9. The first kappa shape index (κ1) is 15.5. The molecule has 1 aliphatic heterocycles. The number of nitrogens with zero attached hydrogens (tertiary/aromatic N) is 2. The van der Waals surface area contributed by atoms with Crippen LogP contribution in [0.4, 0.5) is 5.82 Å². The zero-order valence-electron chi connectivity index (χ0n) is 12.2. The van der Waals surface area contributed by atoms with E-state index < -0.39 is 5.97 Å². The lowest BCUT2D eigenvalue weighted by atomic mass is 9.93. The minimum atomic E-state index is -0.758. The number of carboxylic acids is 1. The van der Waals surface area contributed by atoms with Crippen LogP contribution in [0.15, 0.2) is 10.6 Å². The van der Waals surface area contributed by atoms with Gasteiger partial charge in [-0.3, -0.25) is 14.5 Å².